The Kier molecular flexibility index (Phi) is 7.69. The Bertz CT molecular complexity index is 1440. The van der Waals surface area contributed by atoms with Gasteiger partial charge in [0.25, 0.3) is 0 Å². The highest BCUT2D eigenvalue weighted by atomic mass is 35.5. The van der Waals surface area contributed by atoms with Gasteiger partial charge in [-0.15, -0.1) is 0 Å². The lowest BCUT2D eigenvalue weighted by Gasteiger charge is -2.34. The van der Waals surface area contributed by atoms with Crippen molar-refractivity contribution in [2.75, 3.05) is 53.5 Å². The number of halogens is 3. The molecule has 13 heteroatoms. The number of nitrogen functional groups attached to an aromatic ring is 1. The second-order valence-corrected chi connectivity index (χ2v) is 12.9. The van der Waals surface area contributed by atoms with Crippen molar-refractivity contribution in [1.82, 2.24) is 14.9 Å². The third-order valence-electron chi connectivity index (χ3n) is 6.25. The second kappa shape index (κ2) is 10.5. The maximum atomic E-state index is 15.5. The quantitative estimate of drug-likeness (QED) is 0.441. The summed E-state index contributed by atoms with van der Waals surface area (Å²) in [7, 11) is -1.82. The summed E-state index contributed by atoms with van der Waals surface area (Å²) in [5.74, 6) is -1.74. The lowest BCUT2D eigenvalue weighted by molar-refractivity contribution is 0.311. The third-order valence-corrected chi connectivity index (χ3v) is 8.68. The zero-order chi connectivity index (χ0) is 27.8. The minimum atomic E-state index is -3.83. The fraction of sp³-hybridized carbons (Fsp3) is 0.360. The Balaban J connectivity index is 1.82. The Hall–Kier alpha value is -3.22. The number of nitrogens with two attached hydrogens (primary N) is 1. The number of anilines is 6. The molecule has 4 rings (SSSR count). The van der Waals surface area contributed by atoms with Crippen molar-refractivity contribution < 1.29 is 17.2 Å². The second-order valence-electron chi connectivity index (χ2n) is 10.0. The number of likely N-dealkylation sites (N-methyl/N-ethyl adjacent to an activating group) is 1. The number of rotatable bonds is 6. The van der Waals surface area contributed by atoms with Gasteiger partial charge in [0.15, 0.2) is 11.6 Å². The average Bonchev–Trinajstić information content (AvgIpc) is 2.83. The standard InChI is InChI=1S/C25H30ClF2N7O2S/c1-25(2,3)38(36,37)32-21-14-17(5-7-18(21)26)35(23-20(28)15-30-24(29)31-23)16-6-8-22(19(27)13-16)34-11-9-33(4)10-12-34/h5-8,13-15,32H,9-12H2,1-4H3,(H2,29,30,31). The molecule has 1 aliphatic heterocycles. The molecule has 1 fully saturated rings. The first kappa shape index (κ1) is 27.8. The molecule has 0 atom stereocenters. The molecule has 2 heterocycles. The van der Waals surface area contributed by atoms with Gasteiger partial charge in [-0.2, -0.15) is 4.98 Å². The molecule has 0 amide bonds. The molecule has 0 spiro atoms. The summed E-state index contributed by atoms with van der Waals surface area (Å²) in [4.78, 5) is 13.2. The van der Waals surface area contributed by atoms with Crippen molar-refractivity contribution in [3.05, 3.63) is 59.3 Å². The van der Waals surface area contributed by atoms with E-state index < -0.39 is 26.4 Å². The fourth-order valence-electron chi connectivity index (χ4n) is 3.89. The number of nitrogens with zero attached hydrogens (tertiary/aromatic N) is 5. The summed E-state index contributed by atoms with van der Waals surface area (Å²) in [5.41, 5.74) is 6.76. The topological polar surface area (TPSA) is 108 Å². The predicted octanol–water partition coefficient (Wildman–Crippen LogP) is 4.75. The van der Waals surface area contributed by atoms with E-state index in [1.165, 1.54) is 23.1 Å². The van der Waals surface area contributed by atoms with E-state index in [2.05, 4.69) is 19.6 Å². The zero-order valence-corrected chi connectivity index (χ0v) is 23.1. The Morgan fingerprint density at radius 2 is 1.66 bits per heavy atom. The summed E-state index contributed by atoms with van der Waals surface area (Å²) in [6.07, 6.45) is 0.915. The van der Waals surface area contributed by atoms with Crippen LogP contribution in [0, 0.1) is 11.6 Å². The van der Waals surface area contributed by atoms with E-state index in [9.17, 15) is 8.42 Å². The van der Waals surface area contributed by atoms with Crippen LogP contribution in [0.5, 0.6) is 0 Å². The van der Waals surface area contributed by atoms with Crippen molar-refractivity contribution in [3.63, 3.8) is 0 Å². The summed E-state index contributed by atoms with van der Waals surface area (Å²) in [6.45, 7) is 7.58. The maximum Gasteiger partial charge on any atom is 0.237 e. The van der Waals surface area contributed by atoms with E-state index in [4.69, 9.17) is 17.3 Å². The smallest absolute Gasteiger partial charge is 0.237 e. The molecular formula is C25H30ClF2N7O2S. The molecule has 204 valence electrons. The molecule has 0 aliphatic carbocycles. The van der Waals surface area contributed by atoms with Gasteiger partial charge in [-0.3, -0.25) is 9.62 Å². The van der Waals surface area contributed by atoms with Gasteiger partial charge < -0.3 is 15.5 Å². The van der Waals surface area contributed by atoms with Crippen LogP contribution in [0.4, 0.5) is 43.3 Å². The highest BCUT2D eigenvalue weighted by Gasteiger charge is 2.30. The molecule has 1 aromatic heterocycles. The molecule has 3 aromatic rings. The number of aromatic nitrogens is 2. The highest BCUT2D eigenvalue weighted by molar-refractivity contribution is 7.94. The number of hydrogen-bond acceptors (Lipinski definition) is 8. The third kappa shape index (κ3) is 5.77. The predicted molar refractivity (Wildman–Crippen MR) is 148 cm³/mol. The van der Waals surface area contributed by atoms with Crippen LogP contribution in [0.3, 0.4) is 0 Å². The Morgan fingerprint density at radius 3 is 2.29 bits per heavy atom. The van der Waals surface area contributed by atoms with Crippen LogP contribution in [0.25, 0.3) is 0 Å². The number of nitrogens with one attached hydrogen (secondary N) is 1. The number of sulfonamides is 1. The number of hydrogen-bond donors (Lipinski definition) is 2. The van der Waals surface area contributed by atoms with Crippen LogP contribution in [0.1, 0.15) is 20.8 Å². The van der Waals surface area contributed by atoms with E-state index in [1.54, 1.807) is 39.0 Å². The van der Waals surface area contributed by atoms with E-state index >= 15 is 8.78 Å². The van der Waals surface area contributed by atoms with Crippen LogP contribution in [0.2, 0.25) is 5.02 Å². The summed E-state index contributed by atoms with van der Waals surface area (Å²) in [6, 6.07) is 8.98. The summed E-state index contributed by atoms with van der Waals surface area (Å²) >= 11 is 6.31. The first-order valence-corrected chi connectivity index (χ1v) is 13.8. The van der Waals surface area contributed by atoms with Crippen molar-refractivity contribution in [2.24, 2.45) is 0 Å². The van der Waals surface area contributed by atoms with E-state index in [1.807, 2.05) is 11.9 Å². The van der Waals surface area contributed by atoms with Gasteiger partial charge in [0.2, 0.25) is 16.0 Å². The first-order valence-electron chi connectivity index (χ1n) is 11.9. The van der Waals surface area contributed by atoms with Crippen LogP contribution >= 0.6 is 11.6 Å². The number of benzene rings is 2. The van der Waals surface area contributed by atoms with Gasteiger partial charge in [-0.05, 0) is 58.2 Å². The van der Waals surface area contributed by atoms with Crippen LogP contribution < -0.4 is 20.3 Å². The molecular weight excluding hydrogens is 536 g/mol. The molecule has 9 nitrogen and oxygen atoms in total. The molecule has 0 bridgehead atoms. The molecule has 2 aromatic carbocycles. The lowest BCUT2D eigenvalue weighted by Crippen LogP contribution is -2.44. The molecule has 1 aliphatic rings. The maximum absolute atomic E-state index is 15.5. The van der Waals surface area contributed by atoms with Gasteiger partial charge >= 0.3 is 0 Å². The van der Waals surface area contributed by atoms with E-state index in [0.29, 0.717) is 18.8 Å². The fourth-order valence-corrected chi connectivity index (χ4v) is 4.87. The molecule has 0 radical (unpaired) electrons. The highest BCUT2D eigenvalue weighted by Crippen LogP contribution is 2.40. The average molecular weight is 566 g/mol. The summed E-state index contributed by atoms with van der Waals surface area (Å²) < 4.78 is 57.5. The van der Waals surface area contributed by atoms with Gasteiger partial charge in [0.1, 0.15) is 5.82 Å². The largest absolute Gasteiger partial charge is 0.368 e. The molecule has 0 unspecified atom stereocenters. The molecule has 1 saturated heterocycles. The molecule has 0 saturated carbocycles. The van der Waals surface area contributed by atoms with Crippen molar-refractivity contribution in [2.45, 2.75) is 25.5 Å². The van der Waals surface area contributed by atoms with Crippen LogP contribution in [0.15, 0.2) is 42.6 Å². The van der Waals surface area contributed by atoms with Gasteiger partial charge in [0.05, 0.1) is 33.0 Å². The zero-order valence-electron chi connectivity index (χ0n) is 21.5. The minimum Gasteiger partial charge on any atom is -0.368 e. The lowest BCUT2D eigenvalue weighted by atomic mass is 10.1. The SMILES string of the molecule is CN1CCN(c2ccc(N(c3ccc(Cl)c(NS(=O)(=O)C(C)(C)C)c3)c3nc(N)ncc3F)cc2F)CC1. The summed E-state index contributed by atoms with van der Waals surface area (Å²) in [5, 5.41) is 0.126. The molecule has 3 N–H and O–H groups in total. The van der Waals surface area contributed by atoms with E-state index in [-0.39, 0.29) is 33.9 Å². The Morgan fingerprint density at radius 1 is 1.03 bits per heavy atom. The van der Waals surface area contributed by atoms with Crippen LogP contribution in [-0.2, 0) is 10.0 Å². The monoisotopic (exact) mass is 565 g/mol. The normalized spacial score (nSPS) is 15.0. The van der Waals surface area contributed by atoms with Gasteiger partial charge in [-0.1, -0.05) is 11.6 Å². The van der Waals surface area contributed by atoms with E-state index in [0.717, 1.165) is 19.3 Å². The van der Waals surface area contributed by atoms with Crippen molar-refractivity contribution in [3.8, 4) is 0 Å². The van der Waals surface area contributed by atoms with Crippen LogP contribution in [-0.4, -0.2) is 61.3 Å². The number of piperazine rings is 1. The molecule has 38 heavy (non-hydrogen) atoms. The van der Waals surface area contributed by atoms with Gasteiger partial charge in [0, 0.05) is 37.9 Å². The Labute approximate surface area is 226 Å². The van der Waals surface area contributed by atoms with Crippen molar-refractivity contribution >= 4 is 56.1 Å². The minimum absolute atomic E-state index is 0.0704. The first-order chi connectivity index (χ1) is 17.8. The van der Waals surface area contributed by atoms with Gasteiger partial charge in [-0.25, -0.2) is 22.2 Å². The van der Waals surface area contributed by atoms with Crippen molar-refractivity contribution in [1.29, 1.82) is 0 Å².